The maximum Gasteiger partial charge on any atom is 0.211 e. The first-order chi connectivity index (χ1) is 12.5. The van der Waals surface area contributed by atoms with Gasteiger partial charge in [-0.2, -0.15) is 0 Å². The van der Waals surface area contributed by atoms with Crippen LogP contribution in [-0.2, 0) is 14.8 Å². The summed E-state index contributed by atoms with van der Waals surface area (Å²) < 4.78 is 37.9. The molecule has 0 bridgehead atoms. The van der Waals surface area contributed by atoms with E-state index < -0.39 is 10.0 Å². The summed E-state index contributed by atoms with van der Waals surface area (Å²) in [5.41, 5.74) is 1.11. The number of sulfonamides is 1. The first-order valence-corrected chi connectivity index (χ1v) is 11.2. The Labute approximate surface area is 158 Å². The Morgan fingerprint density at radius 1 is 1.35 bits per heavy atom. The van der Waals surface area contributed by atoms with E-state index in [4.69, 9.17) is 9.47 Å². The second-order valence-corrected chi connectivity index (χ2v) is 9.61. The van der Waals surface area contributed by atoms with Gasteiger partial charge in [-0.25, -0.2) is 18.1 Å². The zero-order valence-electron chi connectivity index (χ0n) is 15.0. The van der Waals surface area contributed by atoms with Crippen LogP contribution in [0.3, 0.4) is 0 Å². The second-order valence-electron chi connectivity index (χ2n) is 6.33. The van der Waals surface area contributed by atoms with E-state index in [1.807, 2.05) is 37.4 Å². The Balaban J connectivity index is 1.60. The third kappa shape index (κ3) is 5.03. The van der Waals surface area contributed by atoms with Gasteiger partial charge in [0.25, 0.3) is 0 Å². The van der Waals surface area contributed by atoms with E-state index in [0.717, 1.165) is 21.2 Å². The van der Waals surface area contributed by atoms with E-state index in [0.29, 0.717) is 26.2 Å². The fourth-order valence-electron chi connectivity index (χ4n) is 2.84. The Morgan fingerprint density at radius 2 is 2.12 bits per heavy atom. The number of ether oxygens (including phenoxy) is 2. The lowest BCUT2D eigenvalue weighted by Crippen LogP contribution is -2.47. The highest BCUT2D eigenvalue weighted by molar-refractivity contribution is 7.89. The van der Waals surface area contributed by atoms with Gasteiger partial charge in [-0.3, -0.25) is 0 Å². The number of benzene rings is 1. The molecule has 3 rings (SSSR count). The van der Waals surface area contributed by atoms with Crippen LogP contribution in [0.25, 0.3) is 10.4 Å². The molecule has 0 saturated carbocycles. The summed E-state index contributed by atoms with van der Waals surface area (Å²) in [6, 6.07) is 7.74. The van der Waals surface area contributed by atoms with E-state index in [1.165, 1.54) is 0 Å². The number of rotatable bonds is 7. The summed E-state index contributed by atoms with van der Waals surface area (Å²) in [6.07, 6.45) is 2.54. The van der Waals surface area contributed by atoms with Gasteiger partial charge in [0.05, 0.1) is 28.9 Å². The van der Waals surface area contributed by atoms with Crippen LogP contribution in [0.15, 0.2) is 30.5 Å². The molecule has 1 aliphatic rings. The van der Waals surface area contributed by atoms with Gasteiger partial charge in [0.1, 0.15) is 5.75 Å². The van der Waals surface area contributed by atoms with Crippen molar-refractivity contribution in [2.45, 2.75) is 26.3 Å². The lowest BCUT2D eigenvalue weighted by molar-refractivity contribution is 0.0186. The molecule has 1 saturated heterocycles. The van der Waals surface area contributed by atoms with Crippen molar-refractivity contribution in [3.05, 3.63) is 35.5 Å². The molecule has 1 fully saturated rings. The predicted octanol–water partition coefficient (Wildman–Crippen LogP) is 2.84. The van der Waals surface area contributed by atoms with Crippen molar-refractivity contribution in [3.8, 4) is 16.2 Å². The molecule has 2 unspecified atom stereocenters. The van der Waals surface area contributed by atoms with E-state index in [1.54, 1.807) is 18.3 Å². The first kappa shape index (κ1) is 19.3. The molecule has 6 nitrogen and oxygen atoms in total. The fourth-order valence-corrected chi connectivity index (χ4v) is 4.57. The van der Waals surface area contributed by atoms with Gasteiger partial charge in [0.2, 0.25) is 10.0 Å². The minimum Gasteiger partial charge on any atom is -0.493 e. The quantitative estimate of drug-likeness (QED) is 0.779. The summed E-state index contributed by atoms with van der Waals surface area (Å²) in [7, 11) is -3.24. The van der Waals surface area contributed by atoms with Crippen molar-refractivity contribution in [2.24, 2.45) is 5.92 Å². The van der Waals surface area contributed by atoms with Crippen LogP contribution in [0.5, 0.6) is 5.75 Å². The largest absolute Gasteiger partial charge is 0.493 e. The minimum atomic E-state index is -3.24. The van der Waals surface area contributed by atoms with E-state index in [9.17, 15) is 8.42 Å². The number of nitrogens with zero attached hydrogens (tertiary/aromatic N) is 1. The van der Waals surface area contributed by atoms with Gasteiger partial charge in [0.15, 0.2) is 0 Å². The van der Waals surface area contributed by atoms with Crippen LogP contribution < -0.4 is 9.46 Å². The first-order valence-electron chi connectivity index (χ1n) is 8.70. The zero-order chi connectivity index (χ0) is 18.6. The highest BCUT2D eigenvalue weighted by atomic mass is 32.2. The van der Waals surface area contributed by atoms with Crippen molar-refractivity contribution in [1.29, 1.82) is 0 Å². The molecule has 2 heterocycles. The maximum atomic E-state index is 11.9. The molecule has 0 radical (unpaired) electrons. The average Bonchev–Trinajstić information content (AvgIpc) is 3.07. The molecule has 8 heteroatoms. The van der Waals surface area contributed by atoms with Crippen LogP contribution in [0, 0.1) is 12.8 Å². The van der Waals surface area contributed by atoms with Crippen LogP contribution >= 0.6 is 11.3 Å². The number of aryl methyl sites for hydroxylation is 1. The minimum absolute atomic E-state index is 0.00565. The SMILES string of the molecule is CCS(=O)(=O)NC1CCOCC1COc1ccc(-c2cnc(C)s2)cc1. The molecule has 0 spiro atoms. The highest BCUT2D eigenvalue weighted by Crippen LogP contribution is 2.27. The number of nitrogens with one attached hydrogen (secondary N) is 1. The molecule has 2 aromatic rings. The Hall–Kier alpha value is -1.48. The molecule has 1 N–H and O–H groups in total. The van der Waals surface area contributed by atoms with Gasteiger partial charge in [-0.05, 0) is 50.1 Å². The average molecular weight is 397 g/mol. The summed E-state index contributed by atoms with van der Waals surface area (Å²) in [4.78, 5) is 5.40. The summed E-state index contributed by atoms with van der Waals surface area (Å²) >= 11 is 1.66. The molecular formula is C18H24N2O4S2. The maximum absolute atomic E-state index is 11.9. The lowest BCUT2D eigenvalue weighted by atomic mass is 9.98. The van der Waals surface area contributed by atoms with Crippen molar-refractivity contribution < 1.29 is 17.9 Å². The van der Waals surface area contributed by atoms with Gasteiger partial charge < -0.3 is 9.47 Å². The molecule has 0 amide bonds. The molecular weight excluding hydrogens is 372 g/mol. The number of aromatic nitrogens is 1. The van der Waals surface area contributed by atoms with Crippen LogP contribution in [-0.4, -0.2) is 45.0 Å². The van der Waals surface area contributed by atoms with Crippen molar-refractivity contribution in [2.75, 3.05) is 25.6 Å². The van der Waals surface area contributed by atoms with Crippen LogP contribution in [0.4, 0.5) is 0 Å². The monoisotopic (exact) mass is 396 g/mol. The second kappa shape index (κ2) is 8.47. The zero-order valence-corrected chi connectivity index (χ0v) is 16.6. The summed E-state index contributed by atoms with van der Waals surface area (Å²) in [6.45, 7) is 5.10. The standard InChI is InChI=1S/C18H24N2O4S2/c1-3-26(21,22)20-17-8-9-23-11-15(17)12-24-16-6-4-14(5-7-16)18-10-19-13(2)25-18/h4-7,10,15,17,20H,3,8-9,11-12H2,1-2H3. The van der Waals surface area contributed by atoms with Crippen molar-refractivity contribution >= 4 is 21.4 Å². The number of hydrogen-bond donors (Lipinski definition) is 1. The highest BCUT2D eigenvalue weighted by Gasteiger charge is 2.29. The molecule has 2 atom stereocenters. The van der Waals surface area contributed by atoms with Crippen molar-refractivity contribution in [3.63, 3.8) is 0 Å². The van der Waals surface area contributed by atoms with E-state index in [-0.39, 0.29) is 17.7 Å². The summed E-state index contributed by atoms with van der Waals surface area (Å²) in [5, 5.41) is 1.04. The Kier molecular flexibility index (Phi) is 6.29. The third-order valence-corrected chi connectivity index (χ3v) is 6.79. The smallest absolute Gasteiger partial charge is 0.211 e. The fraction of sp³-hybridized carbons (Fsp3) is 0.500. The summed E-state index contributed by atoms with van der Waals surface area (Å²) in [5.74, 6) is 0.836. The van der Waals surface area contributed by atoms with Gasteiger partial charge in [0, 0.05) is 24.8 Å². The van der Waals surface area contributed by atoms with Crippen LogP contribution in [0.2, 0.25) is 0 Å². The predicted molar refractivity (Wildman–Crippen MR) is 103 cm³/mol. The van der Waals surface area contributed by atoms with Crippen molar-refractivity contribution in [1.82, 2.24) is 9.71 Å². The van der Waals surface area contributed by atoms with E-state index >= 15 is 0 Å². The normalized spacial score (nSPS) is 20.8. The molecule has 1 aromatic heterocycles. The van der Waals surface area contributed by atoms with Gasteiger partial charge in [-0.1, -0.05) is 0 Å². The van der Waals surface area contributed by atoms with Gasteiger partial charge in [-0.15, -0.1) is 11.3 Å². The lowest BCUT2D eigenvalue weighted by Gasteiger charge is -2.31. The topological polar surface area (TPSA) is 77.5 Å². The van der Waals surface area contributed by atoms with Crippen LogP contribution in [0.1, 0.15) is 18.4 Å². The van der Waals surface area contributed by atoms with Gasteiger partial charge >= 0.3 is 0 Å². The molecule has 26 heavy (non-hydrogen) atoms. The molecule has 142 valence electrons. The molecule has 0 aliphatic carbocycles. The Morgan fingerprint density at radius 3 is 2.77 bits per heavy atom. The van der Waals surface area contributed by atoms with E-state index in [2.05, 4.69) is 9.71 Å². The molecule has 1 aromatic carbocycles. The Bertz CT molecular complexity index is 818. The molecule has 1 aliphatic heterocycles. The number of thiazole rings is 1. The number of hydrogen-bond acceptors (Lipinski definition) is 6. The third-order valence-electron chi connectivity index (χ3n) is 4.41.